The van der Waals surface area contributed by atoms with Gasteiger partial charge in [-0.1, -0.05) is 12.5 Å². The number of nitrogens with one attached hydrogen (secondary N) is 2. The number of H-pyrrole nitrogens is 1. The summed E-state index contributed by atoms with van der Waals surface area (Å²) >= 11 is 0. The Balaban J connectivity index is 1.33. The molecule has 7 nitrogen and oxygen atoms in total. The quantitative estimate of drug-likeness (QED) is 0.555. The Bertz CT molecular complexity index is 1120. The van der Waals surface area contributed by atoms with Crippen molar-refractivity contribution in [2.24, 2.45) is 0 Å². The van der Waals surface area contributed by atoms with Crippen LogP contribution >= 0.6 is 0 Å². The van der Waals surface area contributed by atoms with Crippen LogP contribution in [0.2, 0.25) is 0 Å². The van der Waals surface area contributed by atoms with E-state index in [4.69, 9.17) is 0 Å². The second-order valence-corrected chi connectivity index (χ2v) is 7.15. The van der Waals surface area contributed by atoms with Gasteiger partial charge in [0, 0.05) is 23.7 Å². The first kappa shape index (κ1) is 16.7. The van der Waals surface area contributed by atoms with Crippen molar-refractivity contribution in [3.8, 4) is 11.3 Å². The summed E-state index contributed by atoms with van der Waals surface area (Å²) in [4.78, 5) is 4.29. The van der Waals surface area contributed by atoms with Crippen LogP contribution in [0.4, 0.5) is 10.2 Å². The van der Waals surface area contributed by atoms with E-state index >= 15 is 0 Å². The fourth-order valence-electron chi connectivity index (χ4n) is 3.72. The van der Waals surface area contributed by atoms with E-state index in [9.17, 15) is 4.39 Å². The first-order chi connectivity index (χ1) is 13.7. The number of anilines is 1. The fourth-order valence-corrected chi connectivity index (χ4v) is 3.72. The predicted octanol–water partition coefficient (Wildman–Crippen LogP) is 3.48. The number of aromatic nitrogens is 6. The molecular formula is C20H18FN7. The maximum atomic E-state index is 14.2. The summed E-state index contributed by atoms with van der Waals surface area (Å²) in [7, 11) is 0. The van der Waals surface area contributed by atoms with Crippen LogP contribution in [0, 0.1) is 5.82 Å². The lowest BCUT2D eigenvalue weighted by molar-refractivity contribution is 0.243. The molecule has 0 radical (unpaired) electrons. The van der Waals surface area contributed by atoms with Gasteiger partial charge in [0.15, 0.2) is 0 Å². The molecule has 0 atom stereocenters. The van der Waals surface area contributed by atoms with E-state index in [1.165, 1.54) is 6.07 Å². The first-order valence-corrected chi connectivity index (χ1v) is 9.23. The van der Waals surface area contributed by atoms with E-state index in [1.807, 2.05) is 30.3 Å². The van der Waals surface area contributed by atoms with Gasteiger partial charge in [0.05, 0.1) is 11.4 Å². The van der Waals surface area contributed by atoms with Crippen molar-refractivity contribution in [1.82, 2.24) is 30.6 Å². The van der Waals surface area contributed by atoms with Gasteiger partial charge in [-0.25, -0.2) is 4.39 Å². The van der Waals surface area contributed by atoms with Gasteiger partial charge in [0.1, 0.15) is 22.7 Å². The van der Waals surface area contributed by atoms with E-state index in [1.54, 1.807) is 12.3 Å². The molecule has 0 spiro atoms. The molecule has 1 aromatic carbocycles. The molecule has 8 heteroatoms. The normalized spacial score (nSPS) is 15.3. The smallest absolute Gasteiger partial charge is 0.148 e. The number of hydrogen-bond donors (Lipinski definition) is 2. The van der Waals surface area contributed by atoms with Gasteiger partial charge < -0.3 is 5.32 Å². The molecule has 0 amide bonds. The van der Waals surface area contributed by atoms with Crippen LogP contribution in [0.15, 0.2) is 48.7 Å². The molecule has 1 fully saturated rings. The zero-order valence-corrected chi connectivity index (χ0v) is 15.1. The highest BCUT2D eigenvalue weighted by molar-refractivity contribution is 5.79. The van der Waals surface area contributed by atoms with E-state index in [2.05, 4.69) is 35.9 Å². The predicted molar refractivity (Wildman–Crippen MR) is 103 cm³/mol. The molecular weight excluding hydrogens is 357 g/mol. The maximum absolute atomic E-state index is 14.2. The van der Waals surface area contributed by atoms with Crippen LogP contribution in [0.25, 0.3) is 22.3 Å². The van der Waals surface area contributed by atoms with Gasteiger partial charge in [0.25, 0.3) is 0 Å². The van der Waals surface area contributed by atoms with E-state index in [0.717, 1.165) is 41.6 Å². The Morgan fingerprint density at radius 2 is 1.93 bits per heavy atom. The van der Waals surface area contributed by atoms with Crippen LogP contribution < -0.4 is 5.32 Å². The van der Waals surface area contributed by atoms with Gasteiger partial charge in [-0.3, -0.25) is 4.98 Å². The molecule has 0 bridgehead atoms. The zero-order valence-electron chi connectivity index (χ0n) is 15.1. The summed E-state index contributed by atoms with van der Waals surface area (Å²) in [5.74, 6) is 0.419. The van der Waals surface area contributed by atoms with Crippen LogP contribution in [-0.2, 0) is 5.41 Å². The standard InChI is InChI=1S/C20H18FN7/c21-14-3-1-10-22-19(14)20(8-2-9-20)12-23-18-7-6-15(24-27-18)13-4-5-16-17(11-13)26-28-25-16/h1,3-7,10-11H,2,8-9,12H2,(H,23,27)(H,25,26,28). The average molecular weight is 375 g/mol. The lowest BCUT2D eigenvalue weighted by Gasteiger charge is -2.41. The van der Waals surface area contributed by atoms with E-state index < -0.39 is 0 Å². The minimum absolute atomic E-state index is 0.242. The molecule has 5 rings (SSSR count). The maximum Gasteiger partial charge on any atom is 0.148 e. The third kappa shape index (κ3) is 2.87. The summed E-state index contributed by atoms with van der Waals surface area (Å²) in [6.45, 7) is 0.583. The van der Waals surface area contributed by atoms with Gasteiger partial charge in [-0.2, -0.15) is 15.4 Å². The fraction of sp³-hybridized carbons (Fsp3) is 0.250. The van der Waals surface area contributed by atoms with Crippen LogP contribution in [-0.4, -0.2) is 37.1 Å². The molecule has 2 N–H and O–H groups in total. The van der Waals surface area contributed by atoms with Crippen LogP contribution in [0.5, 0.6) is 0 Å². The highest BCUT2D eigenvalue weighted by Crippen LogP contribution is 2.43. The lowest BCUT2D eigenvalue weighted by atomic mass is 9.66. The number of nitrogens with zero attached hydrogens (tertiary/aromatic N) is 5. The second-order valence-electron chi connectivity index (χ2n) is 7.15. The molecule has 4 aromatic rings. The molecule has 3 heterocycles. The molecule has 1 saturated carbocycles. The van der Waals surface area contributed by atoms with Crippen LogP contribution in [0.1, 0.15) is 25.0 Å². The number of halogens is 1. The van der Waals surface area contributed by atoms with Crippen molar-refractivity contribution in [3.05, 3.63) is 60.2 Å². The molecule has 3 aromatic heterocycles. The Labute approximate surface area is 160 Å². The van der Waals surface area contributed by atoms with E-state index in [-0.39, 0.29) is 11.2 Å². The molecule has 0 saturated heterocycles. The van der Waals surface area contributed by atoms with Crippen molar-refractivity contribution < 1.29 is 4.39 Å². The van der Waals surface area contributed by atoms with Crippen molar-refractivity contribution >= 4 is 16.9 Å². The number of hydrogen-bond acceptors (Lipinski definition) is 6. The third-order valence-corrected chi connectivity index (χ3v) is 5.46. The first-order valence-electron chi connectivity index (χ1n) is 9.23. The monoisotopic (exact) mass is 375 g/mol. The van der Waals surface area contributed by atoms with Crippen molar-refractivity contribution in [1.29, 1.82) is 0 Å². The Morgan fingerprint density at radius 1 is 1.04 bits per heavy atom. The lowest BCUT2D eigenvalue weighted by Crippen LogP contribution is -2.42. The molecule has 1 aliphatic rings. The van der Waals surface area contributed by atoms with Crippen molar-refractivity contribution in [2.45, 2.75) is 24.7 Å². The summed E-state index contributed by atoms with van der Waals surface area (Å²) in [6.07, 6.45) is 4.56. The SMILES string of the molecule is Fc1cccnc1C1(CNc2ccc(-c3ccc4n[nH]nc4c3)nn2)CCC1. The summed E-state index contributed by atoms with van der Waals surface area (Å²) in [5.41, 5.74) is 3.53. The minimum atomic E-state index is -0.274. The summed E-state index contributed by atoms with van der Waals surface area (Å²) < 4.78 is 14.2. The summed E-state index contributed by atoms with van der Waals surface area (Å²) in [5, 5.41) is 22.7. The Kier molecular flexibility index (Phi) is 3.96. The number of benzene rings is 1. The topological polar surface area (TPSA) is 92.3 Å². The summed E-state index contributed by atoms with van der Waals surface area (Å²) in [6, 6.07) is 12.6. The molecule has 0 unspecified atom stereocenters. The molecule has 1 aliphatic carbocycles. The van der Waals surface area contributed by atoms with Crippen molar-refractivity contribution in [2.75, 3.05) is 11.9 Å². The number of pyridine rings is 1. The third-order valence-electron chi connectivity index (χ3n) is 5.46. The Hall–Kier alpha value is -3.42. The van der Waals surface area contributed by atoms with Crippen LogP contribution in [0.3, 0.4) is 0 Å². The number of fused-ring (bicyclic) bond motifs is 1. The highest BCUT2D eigenvalue weighted by Gasteiger charge is 2.41. The molecule has 28 heavy (non-hydrogen) atoms. The second kappa shape index (κ2) is 6.63. The molecule has 0 aliphatic heterocycles. The van der Waals surface area contributed by atoms with Crippen molar-refractivity contribution in [3.63, 3.8) is 0 Å². The minimum Gasteiger partial charge on any atom is -0.368 e. The van der Waals surface area contributed by atoms with Gasteiger partial charge in [-0.15, -0.1) is 10.2 Å². The zero-order chi connectivity index (χ0) is 19.0. The van der Waals surface area contributed by atoms with Gasteiger partial charge in [-0.05, 0) is 49.2 Å². The molecule has 140 valence electrons. The number of aromatic amines is 1. The Morgan fingerprint density at radius 3 is 2.68 bits per heavy atom. The largest absolute Gasteiger partial charge is 0.368 e. The average Bonchev–Trinajstić information content (AvgIpc) is 3.17. The van der Waals surface area contributed by atoms with Gasteiger partial charge in [0.2, 0.25) is 0 Å². The van der Waals surface area contributed by atoms with E-state index in [0.29, 0.717) is 18.1 Å². The highest BCUT2D eigenvalue weighted by atomic mass is 19.1. The number of rotatable bonds is 5. The van der Waals surface area contributed by atoms with Gasteiger partial charge >= 0.3 is 0 Å².